The molecular weight excluding hydrogens is 436 g/mol. The molecule has 0 radical (unpaired) electrons. The molecule has 1 aliphatic carbocycles. The van der Waals surface area contributed by atoms with Gasteiger partial charge < -0.3 is 25.6 Å². The first-order valence-corrected chi connectivity index (χ1v) is 12.0. The number of para-hydroxylation sites is 1. The number of nitrogens with zero attached hydrogens (tertiary/aromatic N) is 1. The van der Waals surface area contributed by atoms with Crippen LogP contribution >= 0.6 is 0 Å². The van der Waals surface area contributed by atoms with Gasteiger partial charge in [-0.25, -0.2) is 0 Å². The van der Waals surface area contributed by atoms with Gasteiger partial charge in [-0.2, -0.15) is 0 Å². The second-order valence-electron chi connectivity index (χ2n) is 9.60. The fraction of sp³-hybridized carbons (Fsp3) is 0.600. The Hall–Kier alpha value is -3.10. The number of hydrogen-bond acceptors (Lipinski definition) is 5. The molecule has 2 aliphatic rings. The van der Waals surface area contributed by atoms with Crippen LogP contribution in [0, 0.1) is 11.8 Å². The molecule has 3 N–H and O–H groups in total. The number of carbonyl (C=O) groups excluding carboxylic acids is 4. The molecule has 3 rings (SSSR count). The lowest BCUT2D eigenvalue weighted by molar-refractivity contribution is -0.139. The Morgan fingerprint density at radius 1 is 1.15 bits per heavy atom. The Kier molecular flexibility index (Phi) is 8.52. The summed E-state index contributed by atoms with van der Waals surface area (Å²) in [6.45, 7) is 6.31. The summed E-state index contributed by atoms with van der Waals surface area (Å²) in [7, 11) is 1.57. The molecule has 0 aromatic heterocycles. The second-order valence-corrected chi connectivity index (χ2v) is 9.60. The molecule has 0 bridgehead atoms. The normalized spacial score (nSPS) is 24.8. The zero-order valence-electron chi connectivity index (χ0n) is 20.4. The third kappa shape index (κ3) is 6.71. The summed E-state index contributed by atoms with van der Waals surface area (Å²) in [4.78, 5) is 53.1. The van der Waals surface area contributed by atoms with Crippen LogP contribution in [0.2, 0.25) is 0 Å². The summed E-state index contributed by atoms with van der Waals surface area (Å²) in [6.07, 6.45) is 2.31. The summed E-state index contributed by atoms with van der Waals surface area (Å²) in [6, 6.07) is 4.91. The first-order chi connectivity index (χ1) is 16.2. The minimum Gasteiger partial charge on any atom is -0.491 e. The van der Waals surface area contributed by atoms with Crippen molar-refractivity contribution in [1.29, 1.82) is 0 Å². The quantitative estimate of drug-likeness (QED) is 0.614. The standard InChI is InChI=1S/C25H36N4O5/c1-15(2)20-14-34-21-8-6-5-7-18(21)24(32)27-19(25(33)26-13-17-9-10-17)11-12-22(30)29(4)16(3)23(31)28-20/h5-8,15-17,19-20H,9-14H2,1-4H3,(H,26,33)(H,27,32)(H,28,31)/t16-,19-,20+/m0/s1. The maximum atomic E-state index is 13.1. The predicted octanol–water partition coefficient (Wildman–Crippen LogP) is 1.47. The van der Waals surface area contributed by atoms with E-state index in [0.717, 1.165) is 12.8 Å². The van der Waals surface area contributed by atoms with E-state index < -0.39 is 18.0 Å². The molecule has 9 heteroatoms. The maximum absolute atomic E-state index is 13.1. The highest BCUT2D eigenvalue weighted by molar-refractivity contribution is 5.99. The molecule has 1 aliphatic heterocycles. The van der Waals surface area contributed by atoms with Crippen LogP contribution in [0.5, 0.6) is 5.75 Å². The number of amides is 4. The van der Waals surface area contributed by atoms with E-state index in [-0.39, 0.29) is 49.1 Å². The van der Waals surface area contributed by atoms with Crippen LogP contribution in [-0.2, 0) is 14.4 Å². The van der Waals surface area contributed by atoms with Crippen molar-refractivity contribution in [2.45, 2.75) is 64.6 Å². The van der Waals surface area contributed by atoms with E-state index in [1.54, 1.807) is 38.2 Å². The van der Waals surface area contributed by atoms with Crippen molar-refractivity contribution in [3.05, 3.63) is 29.8 Å². The lowest BCUT2D eigenvalue weighted by Crippen LogP contribution is -2.52. The average molecular weight is 473 g/mol. The number of likely N-dealkylation sites (N-methyl/N-ethyl adjacent to an activating group) is 1. The summed E-state index contributed by atoms with van der Waals surface area (Å²) < 4.78 is 5.97. The van der Waals surface area contributed by atoms with Crippen LogP contribution < -0.4 is 20.7 Å². The fourth-order valence-corrected chi connectivity index (χ4v) is 3.69. The summed E-state index contributed by atoms with van der Waals surface area (Å²) in [5, 5.41) is 8.65. The van der Waals surface area contributed by atoms with Crippen molar-refractivity contribution in [1.82, 2.24) is 20.9 Å². The molecule has 3 atom stereocenters. The van der Waals surface area contributed by atoms with Crippen molar-refractivity contribution in [2.24, 2.45) is 11.8 Å². The van der Waals surface area contributed by atoms with Gasteiger partial charge in [0.15, 0.2) is 0 Å². The number of nitrogens with one attached hydrogen (secondary N) is 3. The van der Waals surface area contributed by atoms with Gasteiger partial charge in [-0.3, -0.25) is 19.2 Å². The van der Waals surface area contributed by atoms with Gasteiger partial charge >= 0.3 is 0 Å². The summed E-state index contributed by atoms with van der Waals surface area (Å²) in [5.74, 6) is -0.405. The van der Waals surface area contributed by atoms with Gasteiger partial charge in [0.1, 0.15) is 24.4 Å². The first-order valence-electron chi connectivity index (χ1n) is 12.0. The van der Waals surface area contributed by atoms with E-state index in [2.05, 4.69) is 16.0 Å². The lowest BCUT2D eigenvalue weighted by atomic mass is 10.0. The van der Waals surface area contributed by atoms with E-state index in [1.807, 2.05) is 13.8 Å². The van der Waals surface area contributed by atoms with Crippen molar-refractivity contribution in [2.75, 3.05) is 20.2 Å². The van der Waals surface area contributed by atoms with Crippen LogP contribution in [0.15, 0.2) is 24.3 Å². The lowest BCUT2D eigenvalue weighted by Gasteiger charge is -2.28. The van der Waals surface area contributed by atoms with Crippen molar-refractivity contribution >= 4 is 23.6 Å². The SMILES string of the molecule is CC(C)[C@H]1COc2ccccc2C(=O)N[C@H](C(=O)NCC2CC2)CCC(=O)N(C)[C@@H](C)C(=O)N1. The molecule has 0 saturated heterocycles. The minimum atomic E-state index is -0.880. The average Bonchev–Trinajstić information content (AvgIpc) is 3.65. The van der Waals surface area contributed by atoms with Gasteiger partial charge in [-0.1, -0.05) is 26.0 Å². The highest BCUT2D eigenvalue weighted by Crippen LogP contribution is 2.27. The largest absolute Gasteiger partial charge is 0.491 e. The van der Waals surface area contributed by atoms with Gasteiger partial charge in [-0.05, 0) is 50.2 Å². The Labute approximate surface area is 201 Å². The third-order valence-electron chi connectivity index (χ3n) is 6.57. The van der Waals surface area contributed by atoms with Crippen LogP contribution in [0.1, 0.15) is 56.8 Å². The number of carbonyl (C=O) groups is 4. The van der Waals surface area contributed by atoms with Crippen LogP contribution in [0.4, 0.5) is 0 Å². The summed E-state index contributed by atoms with van der Waals surface area (Å²) in [5.41, 5.74) is 0.294. The first kappa shape index (κ1) is 25.5. The van der Waals surface area contributed by atoms with E-state index in [4.69, 9.17) is 4.74 Å². The van der Waals surface area contributed by atoms with Crippen molar-refractivity contribution in [3.8, 4) is 5.75 Å². The van der Waals surface area contributed by atoms with Gasteiger partial charge in [-0.15, -0.1) is 0 Å². The molecule has 1 heterocycles. The maximum Gasteiger partial charge on any atom is 0.255 e. The molecule has 186 valence electrons. The van der Waals surface area contributed by atoms with Gasteiger partial charge in [0.05, 0.1) is 11.6 Å². The number of fused-ring (bicyclic) bond motifs is 1. The molecule has 1 fully saturated rings. The number of benzene rings is 1. The molecule has 1 aromatic carbocycles. The molecular formula is C25H36N4O5. The second kappa shape index (κ2) is 11.4. The zero-order valence-corrected chi connectivity index (χ0v) is 20.4. The van der Waals surface area contributed by atoms with Crippen LogP contribution in [-0.4, -0.2) is 66.9 Å². The Morgan fingerprint density at radius 2 is 1.85 bits per heavy atom. The van der Waals surface area contributed by atoms with E-state index >= 15 is 0 Å². The fourth-order valence-electron chi connectivity index (χ4n) is 3.69. The number of ether oxygens (including phenoxy) is 1. The van der Waals surface area contributed by atoms with Gasteiger partial charge in [0.25, 0.3) is 5.91 Å². The number of hydrogen-bond donors (Lipinski definition) is 3. The molecule has 9 nitrogen and oxygen atoms in total. The molecule has 0 unspecified atom stereocenters. The molecule has 0 spiro atoms. The molecule has 4 amide bonds. The monoisotopic (exact) mass is 472 g/mol. The smallest absolute Gasteiger partial charge is 0.255 e. The minimum absolute atomic E-state index is 0.0155. The Balaban J connectivity index is 1.87. The third-order valence-corrected chi connectivity index (χ3v) is 6.57. The van der Waals surface area contributed by atoms with Crippen molar-refractivity contribution < 1.29 is 23.9 Å². The highest BCUT2D eigenvalue weighted by atomic mass is 16.5. The Bertz CT molecular complexity index is 914. The topological polar surface area (TPSA) is 117 Å². The summed E-state index contributed by atoms with van der Waals surface area (Å²) >= 11 is 0. The highest BCUT2D eigenvalue weighted by Gasteiger charge is 2.30. The number of rotatable bonds is 4. The van der Waals surface area contributed by atoms with Gasteiger partial charge in [0.2, 0.25) is 17.7 Å². The van der Waals surface area contributed by atoms with Crippen LogP contribution in [0.25, 0.3) is 0 Å². The van der Waals surface area contributed by atoms with Crippen LogP contribution in [0.3, 0.4) is 0 Å². The molecule has 34 heavy (non-hydrogen) atoms. The molecule has 1 aromatic rings. The van der Waals surface area contributed by atoms with E-state index in [1.165, 1.54) is 4.90 Å². The Morgan fingerprint density at radius 3 is 2.53 bits per heavy atom. The predicted molar refractivity (Wildman–Crippen MR) is 127 cm³/mol. The van der Waals surface area contributed by atoms with E-state index in [0.29, 0.717) is 23.8 Å². The van der Waals surface area contributed by atoms with E-state index in [9.17, 15) is 19.2 Å². The zero-order chi connectivity index (χ0) is 24.8. The van der Waals surface area contributed by atoms with Crippen molar-refractivity contribution in [3.63, 3.8) is 0 Å². The molecule has 1 saturated carbocycles. The van der Waals surface area contributed by atoms with Gasteiger partial charge in [0, 0.05) is 20.0 Å².